The molecule has 1 aliphatic heterocycles. The van der Waals surface area contributed by atoms with Crippen LogP contribution in [0.5, 0.6) is 0 Å². The van der Waals surface area contributed by atoms with Crippen molar-refractivity contribution in [3.05, 3.63) is 70.2 Å². The van der Waals surface area contributed by atoms with E-state index in [0.717, 1.165) is 40.3 Å². The van der Waals surface area contributed by atoms with Gasteiger partial charge < -0.3 is 5.32 Å². The first-order valence-electron chi connectivity index (χ1n) is 8.52. The van der Waals surface area contributed by atoms with Gasteiger partial charge in [-0.1, -0.05) is 6.07 Å². The molecule has 130 valence electrons. The zero-order valence-electron chi connectivity index (χ0n) is 15.0. The third-order valence-electron chi connectivity index (χ3n) is 4.62. The van der Waals surface area contributed by atoms with E-state index in [9.17, 15) is 4.39 Å². The Kier molecular flexibility index (Phi) is 3.99. The molecular weight excluding hydrogens is 327 g/mol. The SMILES string of the molecule is Cc1cc(-c2ncc(C)c(Nc3cc4c(cc3C)CN=C4)n2)ccc1F. The Balaban J connectivity index is 1.71. The number of aryl methyl sites for hydroxylation is 3. The molecule has 0 atom stereocenters. The minimum Gasteiger partial charge on any atom is -0.340 e. The summed E-state index contributed by atoms with van der Waals surface area (Å²) in [6, 6.07) is 9.18. The zero-order valence-corrected chi connectivity index (χ0v) is 15.0. The molecule has 0 spiro atoms. The predicted molar refractivity (Wildman–Crippen MR) is 103 cm³/mol. The van der Waals surface area contributed by atoms with Crippen LogP contribution in [0.2, 0.25) is 0 Å². The van der Waals surface area contributed by atoms with Crippen LogP contribution in [0.4, 0.5) is 15.9 Å². The molecule has 4 nitrogen and oxygen atoms in total. The van der Waals surface area contributed by atoms with Gasteiger partial charge in [-0.2, -0.15) is 0 Å². The Morgan fingerprint density at radius 1 is 1.00 bits per heavy atom. The van der Waals surface area contributed by atoms with Gasteiger partial charge in [0.15, 0.2) is 5.82 Å². The summed E-state index contributed by atoms with van der Waals surface area (Å²) in [5.41, 5.74) is 6.85. The molecule has 0 aliphatic carbocycles. The highest BCUT2D eigenvalue weighted by atomic mass is 19.1. The molecule has 0 bridgehead atoms. The van der Waals surface area contributed by atoms with Crippen LogP contribution in [0.3, 0.4) is 0 Å². The van der Waals surface area contributed by atoms with Gasteiger partial charge >= 0.3 is 0 Å². The van der Waals surface area contributed by atoms with Crippen LogP contribution in [0.1, 0.15) is 27.8 Å². The lowest BCUT2D eigenvalue weighted by molar-refractivity contribution is 0.618. The number of hydrogen-bond donors (Lipinski definition) is 1. The molecule has 0 amide bonds. The van der Waals surface area contributed by atoms with E-state index in [1.54, 1.807) is 25.3 Å². The standard InChI is InChI=1S/C21H19FN4/c1-12-6-15(4-5-18(12)22)21-24-9-14(3)20(26-21)25-19-8-17-11-23-10-16(17)7-13(19)2/h4-9,11H,10H2,1-3H3,(H,24,25,26). The van der Waals surface area contributed by atoms with Crippen LogP contribution in [-0.4, -0.2) is 16.2 Å². The maximum atomic E-state index is 13.5. The molecule has 0 unspecified atom stereocenters. The minimum absolute atomic E-state index is 0.227. The number of aliphatic imine (C=N–C) groups is 1. The first-order chi connectivity index (χ1) is 12.5. The van der Waals surface area contributed by atoms with Crippen LogP contribution in [0.25, 0.3) is 11.4 Å². The van der Waals surface area contributed by atoms with E-state index in [0.29, 0.717) is 11.4 Å². The van der Waals surface area contributed by atoms with Crippen molar-refractivity contribution in [3.8, 4) is 11.4 Å². The van der Waals surface area contributed by atoms with Crippen molar-refractivity contribution >= 4 is 17.7 Å². The molecule has 0 saturated carbocycles. The van der Waals surface area contributed by atoms with E-state index in [2.05, 4.69) is 39.3 Å². The first-order valence-corrected chi connectivity index (χ1v) is 8.52. The molecule has 1 N–H and O–H groups in total. The molecule has 1 aliphatic rings. The molecule has 1 aromatic heterocycles. The van der Waals surface area contributed by atoms with Crippen molar-refractivity contribution in [2.24, 2.45) is 4.99 Å². The molecule has 0 saturated heterocycles. The zero-order chi connectivity index (χ0) is 18.3. The quantitative estimate of drug-likeness (QED) is 0.735. The number of nitrogens with zero attached hydrogens (tertiary/aromatic N) is 3. The van der Waals surface area contributed by atoms with E-state index in [-0.39, 0.29) is 5.82 Å². The number of nitrogens with one attached hydrogen (secondary N) is 1. The fraction of sp³-hybridized carbons (Fsp3) is 0.190. The number of halogens is 1. The number of aromatic nitrogens is 2. The van der Waals surface area contributed by atoms with E-state index >= 15 is 0 Å². The Bertz CT molecular complexity index is 1040. The van der Waals surface area contributed by atoms with Gasteiger partial charge in [0.2, 0.25) is 0 Å². The second kappa shape index (κ2) is 6.33. The maximum absolute atomic E-state index is 13.5. The highest BCUT2D eigenvalue weighted by Gasteiger charge is 2.12. The molecule has 3 aromatic rings. The van der Waals surface area contributed by atoms with E-state index in [4.69, 9.17) is 0 Å². The van der Waals surface area contributed by atoms with Gasteiger partial charge in [-0.15, -0.1) is 0 Å². The summed E-state index contributed by atoms with van der Waals surface area (Å²) in [6.45, 7) is 6.52. The first kappa shape index (κ1) is 16.4. The molecule has 2 heterocycles. The van der Waals surface area contributed by atoms with E-state index < -0.39 is 0 Å². The number of hydrogen-bond acceptors (Lipinski definition) is 4. The Labute approximate surface area is 151 Å². The Morgan fingerprint density at radius 2 is 1.85 bits per heavy atom. The lowest BCUT2D eigenvalue weighted by atomic mass is 10.0. The van der Waals surface area contributed by atoms with Crippen LogP contribution in [-0.2, 0) is 6.54 Å². The van der Waals surface area contributed by atoms with Gasteiger partial charge in [-0.3, -0.25) is 4.99 Å². The molecule has 0 fully saturated rings. The third kappa shape index (κ3) is 2.96. The number of fused-ring (bicyclic) bond motifs is 1. The second-order valence-corrected chi connectivity index (χ2v) is 6.65. The van der Waals surface area contributed by atoms with Gasteiger partial charge in [0.05, 0.1) is 6.54 Å². The van der Waals surface area contributed by atoms with Crippen molar-refractivity contribution in [1.82, 2.24) is 9.97 Å². The van der Waals surface area contributed by atoms with E-state index in [1.165, 1.54) is 11.6 Å². The molecule has 0 radical (unpaired) electrons. The van der Waals surface area contributed by atoms with Crippen molar-refractivity contribution in [1.29, 1.82) is 0 Å². The molecule has 4 rings (SSSR count). The summed E-state index contributed by atoms with van der Waals surface area (Å²) < 4.78 is 13.5. The fourth-order valence-electron chi connectivity index (χ4n) is 3.04. The number of anilines is 2. The van der Waals surface area contributed by atoms with Crippen molar-refractivity contribution in [2.75, 3.05) is 5.32 Å². The number of rotatable bonds is 3. The smallest absolute Gasteiger partial charge is 0.161 e. The number of benzene rings is 2. The van der Waals surface area contributed by atoms with Crippen LogP contribution >= 0.6 is 0 Å². The average Bonchev–Trinajstić information content (AvgIpc) is 3.06. The highest BCUT2D eigenvalue weighted by Crippen LogP contribution is 2.28. The average molecular weight is 346 g/mol. The van der Waals surface area contributed by atoms with Crippen molar-refractivity contribution in [3.63, 3.8) is 0 Å². The maximum Gasteiger partial charge on any atom is 0.161 e. The fourth-order valence-corrected chi connectivity index (χ4v) is 3.04. The summed E-state index contributed by atoms with van der Waals surface area (Å²) in [7, 11) is 0. The minimum atomic E-state index is -0.227. The van der Waals surface area contributed by atoms with Crippen LogP contribution < -0.4 is 5.32 Å². The largest absolute Gasteiger partial charge is 0.340 e. The Hall–Kier alpha value is -3.08. The topological polar surface area (TPSA) is 50.2 Å². The highest BCUT2D eigenvalue weighted by molar-refractivity contribution is 5.87. The summed E-state index contributed by atoms with van der Waals surface area (Å²) in [5, 5.41) is 3.42. The van der Waals surface area contributed by atoms with Gasteiger partial charge in [-0.05, 0) is 67.3 Å². The summed E-state index contributed by atoms with van der Waals surface area (Å²) in [4.78, 5) is 13.4. The predicted octanol–water partition coefficient (Wildman–Crippen LogP) is 4.88. The van der Waals surface area contributed by atoms with Crippen LogP contribution in [0.15, 0.2) is 41.5 Å². The van der Waals surface area contributed by atoms with E-state index in [1.807, 2.05) is 13.1 Å². The molecular formula is C21H19FN4. The molecule has 26 heavy (non-hydrogen) atoms. The lowest BCUT2D eigenvalue weighted by Crippen LogP contribution is -2.02. The third-order valence-corrected chi connectivity index (χ3v) is 4.62. The molecule has 5 heteroatoms. The summed E-state index contributed by atoms with van der Waals surface area (Å²) in [6.07, 6.45) is 3.69. The van der Waals surface area contributed by atoms with Crippen molar-refractivity contribution < 1.29 is 4.39 Å². The normalized spacial score (nSPS) is 12.3. The molecule has 2 aromatic carbocycles. The second-order valence-electron chi connectivity index (χ2n) is 6.65. The van der Waals surface area contributed by atoms with Gasteiger partial charge in [0.1, 0.15) is 11.6 Å². The van der Waals surface area contributed by atoms with Gasteiger partial charge in [0.25, 0.3) is 0 Å². The Morgan fingerprint density at radius 3 is 2.65 bits per heavy atom. The van der Waals surface area contributed by atoms with Gasteiger partial charge in [-0.25, -0.2) is 14.4 Å². The van der Waals surface area contributed by atoms with Crippen LogP contribution in [0, 0.1) is 26.6 Å². The monoisotopic (exact) mass is 346 g/mol. The summed E-state index contributed by atoms with van der Waals surface area (Å²) in [5.74, 6) is 1.09. The van der Waals surface area contributed by atoms with Gasteiger partial charge in [0, 0.05) is 29.2 Å². The van der Waals surface area contributed by atoms with Crippen molar-refractivity contribution in [2.45, 2.75) is 27.3 Å². The lowest BCUT2D eigenvalue weighted by Gasteiger charge is -2.14. The summed E-state index contributed by atoms with van der Waals surface area (Å²) >= 11 is 0.